The van der Waals surface area contributed by atoms with Gasteiger partial charge in [0, 0.05) is 0 Å². The number of carbonyl (C=O) groups is 1. The lowest BCUT2D eigenvalue weighted by atomic mass is 9.98. The van der Waals surface area contributed by atoms with Gasteiger partial charge in [0.2, 0.25) is 0 Å². The Morgan fingerprint density at radius 1 is 1.19 bits per heavy atom. The lowest BCUT2D eigenvalue weighted by molar-refractivity contribution is -0.138. The van der Waals surface area contributed by atoms with Crippen molar-refractivity contribution in [1.82, 2.24) is 0 Å². The van der Waals surface area contributed by atoms with Crippen LogP contribution < -0.4 is 10.1 Å². The fraction of sp³-hybridized carbons (Fsp3) is 0.235. The first kappa shape index (κ1) is 14.9. The van der Waals surface area contributed by atoms with Gasteiger partial charge in [-0.25, -0.2) is 4.79 Å². The van der Waals surface area contributed by atoms with Gasteiger partial charge in [-0.15, -0.1) is 0 Å². The normalized spacial score (nSPS) is 11.7. The number of ether oxygens (including phenoxy) is 1. The van der Waals surface area contributed by atoms with E-state index in [0.29, 0.717) is 11.4 Å². The highest BCUT2D eigenvalue weighted by atomic mass is 16.5. The number of anilines is 1. The van der Waals surface area contributed by atoms with E-state index >= 15 is 0 Å². The number of methoxy groups -OCH3 is 1. The number of carboxylic acids is 1. The van der Waals surface area contributed by atoms with Crippen LogP contribution in [0.25, 0.3) is 0 Å². The summed E-state index contributed by atoms with van der Waals surface area (Å²) in [5, 5.41) is 12.6. The van der Waals surface area contributed by atoms with Crippen LogP contribution in [0.5, 0.6) is 5.75 Å². The Morgan fingerprint density at radius 3 is 2.52 bits per heavy atom. The Morgan fingerprint density at radius 2 is 1.86 bits per heavy atom. The van der Waals surface area contributed by atoms with Gasteiger partial charge in [0.25, 0.3) is 0 Å². The Bertz CT molecular complexity index is 625. The van der Waals surface area contributed by atoms with Gasteiger partial charge in [0.05, 0.1) is 12.8 Å². The fourth-order valence-electron chi connectivity index (χ4n) is 2.33. The van der Waals surface area contributed by atoms with E-state index in [9.17, 15) is 9.90 Å². The number of hydrogen-bond donors (Lipinski definition) is 2. The standard InChI is InChI=1S/C17H19NO3/c1-3-12-8-4-5-9-13(12)16(17(19)20)18-14-10-6-7-11-15(14)21-2/h4-11,16,18H,3H2,1-2H3,(H,19,20). The predicted octanol–water partition coefficient (Wildman–Crippen LogP) is 3.50. The zero-order valence-electron chi connectivity index (χ0n) is 12.2. The zero-order valence-corrected chi connectivity index (χ0v) is 12.2. The number of rotatable bonds is 6. The molecule has 21 heavy (non-hydrogen) atoms. The minimum Gasteiger partial charge on any atom is -0.495 e. The first-order valence-corrected chi connectivity index (χ1v) is 6.87. The summed E-state index contributed by atoms with van der Waals surface area (Å²) in [6, 6.07) is 14.1. The summed E-state index contributed by atoms with van der Waals surface area (Å²) in [6.45, 7) is 2.01. The molecule has 0 bridgehead atoms. The quantitative estimate of drug-likeness (QED) is 0.853. The van der Waals surface area contributed by atoms with E-state index in [1.165, 1.54) is 0 Å². The monoisotopic (exact) mass is 285 g/mol. The third kappa shape index (κ3) is 3.34. The van der Waals surface area contributed by atoms with Crippen LogP contribution >= 0.6 is 0 Å². The summed E-state index contributed by atoms with van der Waals surface area (Å²) in [4.78, 5) is 11.7. The van der Waals surface area contributed by atoms with Gasteiger partial charge in [-0.3, -0.25) is 0 Å². The van der Waals surface area contributed by atoms with Gasteiger partial charge in [0.1, 0.15) is 5.75 Å². The molecule has 110 valence electrons. The summed E-state index contributed by atoms with van der Waals surface area (Å²) in [7, 11) is 1.57. The van der Waals surface area contributed by atoms with Crippen LogP contribution in [0, 0.1) is 0 Å². The van der Waals surface area contributed by atoms with Crippen molar-refractivity contribution in [2.75, 3.05) is 12.4 Å². The highest BCUT2D eigenvalue weighted by Crippen LogP contribution is 2.29. The number of aryl methyl sites for hydroxylation is 1. The van der Waals surface area contributed by atoms with Crippen LogP contribution in [0.1, 0.15) is 24.1 Å². The van der Waals surface area contributed by atoms with E-state index in [4.69, 9.17) is 4.74 Å². The molecular formula is C17H19NO3. The van der Waals surface area contributed by atoms with Crippen molar-refractivity contribution >= 4 is 11.7 Å². The van der Waals surface area contributed by atoms with Crippen molar-refractivity contribution in [2.45, 2.75) is 19.4 Å². The average molecular weight is 285 g/mol. The molecule has 0 aliphatic rings. The maximum absolute atomic E-state index is 11.7. The number of nitrogens with one attached hydrogen (secondary N) is 1. The van der Waals surface area contributed by atoms with E-state index in [-0.39, 0.29) is 0 Å². The Hall–Kier alpha value is -2.49. The number of aliphatic carboxylic acids is 1. The van der Waals surface area contributed by atoms with E-state index in [1.807, 2.05) is 49.4 Å². The Labute approximate surface area is 124 Å². The molecule has 4 nitrogen and oxygen atoms in total. The molecule has 2 rings (SSSR count). The second-order valence-electron chi connectivity index (χ2n) is 4.67. The fourth-order valence-corrected chi connectivity index (χ4v) is 2.33. The summed E-state index contributed by atoms with van der Waals surface area (Å²) < 4.78 is 5.26. The molecule has 0 aromatic heterocycles. The van der Waals surface area contributed by atoms with Crippen LogP contribution in [-0.4, -0.2) is 18.2 Å². The molecule has 0 spiro atoms. The van der Waals surface area contributed by atoms with Crippen LogP contribution in [0.4, 0.5) is 5.69 Å². The van der Waals surface area contributed by atoms with Crippen molar-refractivity contribution in [3.8, 4) is 5.75 Å². The molecule has 4 heteroatoms. The number of hydrogen-bond acceptors (Lipinski definition) is 3. The molecule has 1 unspecified atom stereocenters. The van der Waals surface area contributed by atoms with Gasteiger partial charge in [-0.1, -0.05) is 43.3 Å². The van der Waals surface area contributed by atoms with Gasteiger partial charge in [-0.05, 0) is 29.7 Å². The summed E-state index contributed by atoms with van der Waals surface area (Å²) in [5.41, 5.74) is 2.46. The largest absolute Gasteiger partial charge is 0.495 e. The molecule has 1 atom stereocenters. The Kier molecular flexibility index (Phi) is 4.82. The maximum atomic E-state index is 11.7. The summed E-state index contributed by atoms with van der Waals surface area (Å²) in [6.07, 6.45) is 0.785. The predicted molar refractivity (Wildman–Crippen MR) is 82.8 cm³/mol. The molecule has 0 saturated carbocycles. The van der Waals surface area contributed by atoms with Crippen LogP contribution in [0.15, 0.2) is 48.5 Å². The van der Waals surface area contributed by atoms with Crippen LogP contribution in [-0.2, 0) is 11.2 Å². The lowest BCUT2D eigenvalue weighted by Gasteiger charge is -2.20. The maximum Gasteiger partial charge on any atom is 0.330 e. The van der Waals surface area contributed by atoms with E-state index in [2.05, 4.69) is 5.32 Å². The van der Waals surface area contributed by atoms with Gasteiger partial charge < -0.3 is 15.2 Å². The molecule has 2 aromatic carbocycles. The third-order valence-corrected chi connectivity index (χ3v) is 3.40. The number of carboxylic acid groups (broad SMARTS) is 1. The molecule has 0 fully saturated rings. The van der Waals surface area contributed by atoms with Crippen molar-refractivity contribution in [1.29, 1.82) is 0 Å². The van der Waals surface area contributed by atoms with Crippen molar-refractivity contribution in [2.24, 2.45) is 0 Å². The first-order valence-electron chi connectivity index (χ1n) is 6.87. The third-order valence-electron chi connectivity index (χ3n) is 3.40. The summed E-state index contributed by atoms with van der Waals surface area (Å²) in [5.74, 6) is -0.292. The van der Waals surface area contributed by atoms with E-state index in [1.54, 1.807) is 13.2 Å². The number of benzene rings is 2. The van der Waals surface area contributed by atoms with E-state index < -0.39 is 12.0 Å². The second kappa shape index (κ2) is 6.79. The van der Waals surface area contributed by atoms with Gasteiger partial charge >= 0.3 is 5.97 Å². The average Bonchev–Trinajstić information content (AvgIpc) is 2.52. The SMILES string of the molecule is CCc1ccccc1C(Nc1ccccc1OC)C(=O)O. The van der Waals surface area contributed by atoms with E-state index in [0.717, 1.165) is 17.5 Å². The minimum atomic E-state index is -0.915. The molecule has 2 N–H and O–H groups in total. The highest BCUT2D eigenvalue weighted by molar-refractivity contribution is 5.80. The molecule has 0 radical (unpaired) electrons. The topological polar surface area (TPSA) is 58.6 Å². The smallest absolute Gasteiger partial charge is 0.330 e. The first-order chi connectivity index (χ1) is 10.2. The van der Waals surface area contributed by atoms with Gasteiger partial charge in [0.15, 0.2) is 6.04 Å². The van der Waals surface area contributed by atoms with Crippen molar-refractivity contribution in [3.05, 3.63) is 59.7 Å². The molecule has 2 aromatic rings. The summed E-state index contributed by atoms with van der Waals surface area (Å²) >= 11 is 0. The lowest BCUT2D eigenvalue weighted by Crippen LogP contribution is -2.22. The minimum absolute atomic E-state index is 0.623. The van der Waals surface area contributed by atoms with Crippen molar-refractivity contribution in [3.63, 3.8) is 0 Å². The molecule has 0 aliphatic heterocycles. The number of para-hydroxylation sites is 2. The van der Waals surface area contributed by atoms with Crippen LogP contribution in [0.3, 0.4) is 0 Å². The van der Waals surface area contributed by atoms with Crippen LogP contribution in [0.2, 0.25) is 0 Å². The highest BCUT2D eigenvalue weighted by Gasteiger charge is 2.22. The second-order valence-corrected chi connectivity index (χ2v) is 4.67. The van der Waals surface area contributed by atoms with Crippen molar-refractivity contribution < 1.29 is 14.6 Å². The van der Waals surface area contributed by atoms with Gasteiger partial charge in [-0.2, -0.15) is 0 Å². The molecule has 0 saturated heterocycles. The molecule has 0 heterocycles. The Balaban J connectivity index is 2.38. The molecular weight excluding hydrogens is 266 g/mol. The zero-order chi connectivity index (χ0) is 15.2. The molecule has 0 amide bonds. The molecule has 0 aliphatic carbocycles.